The van der Waals surface area contributed by atoms with Crippen molar-refractivity contribution >= 4 is 11.6 Å². The summed E-state index contributed by atoms with van der Waals surface area (Å²) in [6.07, 6.45) is 4.23. The molecule has 0 radical (unpaired) electrons. The highest BCUT2D eigenvalue weighted by atomic mass is 16.5. The van der Waals surface area contributed by atoms with E-state index in [2.05, 4.69) is 23.0 Å². The van der Waals surface area contributed by atoms with Crippen molar-refractivity contribution in [3.05, 3.63) is 35.3 Å². The highest BCUT2D eigenvalue weighted by molar-refractivity contribution is 5.90. The minimum atomic E-state index is -0.306. The molecule has 0 aromatic carbocycles. The maximum atomic E-state index is 12.1. The van der Waals surface area contributed by atoms with Crippen LogP contribution in [0.4, 0.5) is 0 Å². The highest BCUT2D eigenvalue weighted by Crippen LogP contribution is 2.33. The predicted octanol–water partition coefficient (Wildman–Crippen LogP) is 2.59. The van der Waals surface area contributed by atoms with E-state index in [-0.39, 0.29) is 5.97 Å². The Morgan fingerprint density at radius 2 is 2.33 bits per heavy atom. The Hall–Kier alpha value is -1.88. The predicted molar refractivity (Wildman–Crippen MR) is 80.5 cm³/mol. The zero-order valence-electron chi connectivity index (χ0n) is 12.8. The summed E-state index contributed by atoms with van der Waals surface area (Å²) in [6.45, 7) is 5.16. The van der Waals surface area contributed by atoms with Crippen molar-refractivity contribution in [3.8, 4) is 0 Å². The Morgan fingerprint density at radius 1 is 1.52 bits per heavy atom. The molecule has 0 N–H and O–H groups in total. The fourth-order valence-electron chi connectivity index (χ4n) is 3.21. The summed E-state index contributed by atoms with van der Waals surface area (Å²) in [5.41, 5.74) is 3.32. The molecule has 0 saturated carbocycles. The zero-order chi connectivity index (χ0) is 15.0. The minimum absolute atomic E-state index is 0.306. The second-order valence-corrected chi connectivity index (χ2v) is 5.56. The van der Waals surface area contributed by atoms with Crippen molar-refractivity contribution in [2.75, 3.05) is 20.2 Å². The van der Waals surface area contributed by atoms with Crippen LogP contribution in [-0.2, 0) is 4.74 Å². The first kappa shape index (κ1) is 14.1. The van der Waals surface area contributed by atoms with Crippen LogP contribution >= 0.6 is 0 Å². The summed E-state index contributed by atoms with van der Waals surface area (Å²) >= 11 is 0. The van der Waals surface area contributed by atoms with Gasteiger partial charge in [-0.3, -0.25) is 9.30 Å². The number of carbonyl (C=O) groups is 1. The number of esters is 1. The molecule has 5 heteroatoms. The summed E-state index contributed by atoms with van der Waals surface area (Å²) in [6, 6.07) is 4.48. The van der Waals surface area contributed by atoms with Gasteiger partial charge in [0.25, 0.3) is 0 Å². The Morgan fingerprint density at radius 3 is 3.00 bits per heavy atom. The Bertz CT molecular complexity index is 677. The summed E-state index contributed by atoms with van der Waals surface area (Å²) in [4.78, 5) is 19.1. The van der Waals surface area contributed by atoms with Crippen LogP contribution in [0.2, 0.25) is 0 Å². The van der Waals surface area contributed by atoms with Crippen LogP contribution in [0.15, 0.2) is 18.3 Å². The Balaban J connectivity index is 2.13. The molecule has 1 saturated heterocycles. The van der Waals surface area contributed by atoms with E-state index in [1.165, 1.54) is 12.0 Å². The number of fused-ring (bicyclic) bond motifs is 1. The summed E-state index contributed by atoms with van der Waals surface area (Å²) < 4.78 is 7.02. The van der Waals surface area contributed by atoms with Gasteiger partial charge in [-0.25, -0.2) is 9.78 Å². The van der Waals surface area contributed by atoms with E-state index < -0.39 is 0 Å². The number of aromatic nitrogens is 2. The third-order valence-electron chi connectivity index (χ3n) is 4.20. The van der Waals surface area contributed by atoms with Gasteiger partial charge in [-0.15, -0.1) is 0 Å². The zero-order valence-corrected chi connectivity index (χ0v) is 12.8. The van der Waals surface area contributed by atoms with E-state index >= 15 is 0 Å². The van der Waals surface area contributed by atoms with Crippen LogP contribution in [0, 0.1) is 6.92 Å². The molecule has 0 aliphatic carbocycles. The quantitative estimate of drug-likeness (QED) is 0.814. The molecule has 3 rings (SSSR count). The van der Waals surface area contributed by atoms with E-state index in [0.717, 1.165) is 24.3 Å². The molecule has 1 atom stereocenters. The van der Waals surface area contributed by atoms with E-state index in [1.807, 2.05) is 30.5 Å². The molecule has 3 heterocycles. The molecule has 21 heavy (non-hydrogen) atoms. The van der Waals surface area contributed by atoms with Gasteiger partial charge in [0.2, 0.25) is 0 Å². The maximum Gasteiger partial charge on any atom is 0.357 e. The monoisotopic (exact) mass is 287 g/mol. The number of nitrogens with zero attached hydrogens (tertiary/aromatic N) is 3. The number of hydrogen-bond donors (Lipinski definition) is 0. The first-order chi connectivity index (χ1) is 10.1. The molecule has 0 unspecified atom stereocenters. The summed E-state index contributed by atoms with van der Waals surface area (Å²) in [5, 5.41) is 0. The SMILES string of the molecule is CCOC(=O)c1c(C)nc2c([C@@H]3CCCN3C)cccn12. The van der Waals surface area contributed by atoms with Crippen LogP contribution in [0.25, 0.3) is 5.65 Å². The average molecular weight is 287 g/mol. The smallest absolute Gasteiger partial charge is 0.357 e. The first-order valence-corrected chi connectivity index (χ1v) is 7.48. The lowest BCUT2D eigenvalue weighted by Crippen LogP contribution is -2.18. The summed E-state index contributed by atoms with van der Waals surface area (Å²) in [7, 11) is 2.14. The summed E-state index contributed by atoms with van der Waals surface area (Å²) in [5.74, 6) is -0.306. The first-order valence-electron chi connectivity index (χ1n) is 7.48. The third kappa shape index (κ3) is 2.31. The standard InChI is InChI=1S/C16H21N3O2/c1-4-21-16(20)14-11(2)17-15-12(7-5-10-19(14)15)13-8-6-9-18(13)3/h5,7,10,13H,4,6,8-9H2,1-3H3/t13-/m0/s1. The molecule has 0 spiro atoms. The lowest BCUT2D eigenvalue weighted by Gasteiger charge is -2.20. The largest absolute Gasteiger partial charge is 0.461 e. The molecule has 2 aromatic heterocycles. The number of imidazole rings is 1. The van der Waals surface area contributed by atoms with Gasteiger partial charge < -0.3 is 4.74 Å². The molecule has 0 bridgehead atoms. The normalized spacial score (nSPS) is 19.3. The average Bonchev–Trinajstić information content (AvgIpc) is 3.01. The molecular formula is C16H21N3O2. The molecule has 0 amide bonds. The van der Waals surface area contributed by atoms with E-state index in [1.54, 1.807) is 0 Å². The van der Waals surface area contributed by atoms with Crippen LogP contribution in [0.5, 0.6) is 0 Å². The van der Waals surface area contributed by atoms with Gasteiger partial charge in [0, 0.05) is 17.8 Å². The van der Waals surface area contributed by atoms with Gasteiger partial charge in [-0.05, 0) is 46.3 Å². The van der Waals surface area contributed by atoms with Crippen molar-refractivity contribution < 1.29 is 9.53 Å². The number of hydrogen-bond acceptors (Lipinski definition) is 4. The molecule has 2 aromatic rings. The van der Waals surface area contributed by atoms with Gasteiger partial charge in [-0.1, -0.05) is 6.07 Å². The van der Waals surface area contributed by atoms with Crippen molar-refractivity contribution in [2.45, 2.75) is 32.7 Å². The number of rotatable bonds is 3. The molecule has 112 valence electrons. The van der Waals surface area contributed by atoms with E-state index in [0.29, 0.717) is 18.3 Å². The Kier molecular flexibility index (Phi) is 3.68. The van der Waals surface area contributed by atoms with Crippen LogP contribution in [-0.4, -0.2) is 40.5 Å². The van der Waals surface area contributed by atoms with Crippen molar-refractivity contribution in [2.24, 2.45) is 0 Å². The van der Waals surface area contributed by atoms with Gasteiger partial charge in [0.15, 0.2) is 5.69 Å². The maximum absolute atomic E-state index is 12.1. The highest BCUT2D eigenvalue weighted by Gasteiger charge is 2.27. The lowest BCUT2D eigenvalue weighted by molar-refractivity contribution is 0.0517. The van der Waals surface area contributed by atoms with Crippen molar-refractivity contribution in [1.82, 2.24) is 14.3 Å². The van der Waals surface area contributed by atoms with Crippen LogP contribution in [0.1, 0.15) is 47.6 Å². The fraction of sp³-hybridized carbons (Fsp3) is 0.500. The van der Waals surface area contributed by atoms with Crippen molar-refractivity contribution in [1.29, 1.82) is 0 Å². The topological polar surface area (TPSA) is 46.8 Å². The van der Waals surface area contributed by atoms with Crippen LogP contribution < -0.4 is 0 Å². The fourth-order valence-corrected chi connectivity index (χ4v) is 3.21. The second kappa shape index (κ2) is 5.48. The van der Waals surface area contributed by atoms with Crippen LogP contribution in [0.3, 0.4) is 0 Å². The van der Waals surface area contributed by atoms with Crippen molar-refractivity contribution in [3.63, 3.8) is 0 Å². The Labute approximate surface area is 124 Å². The molecule has 5 nitrogen and oxygen atoms in total. The van der Waals surface area contributed by atoms with E-state index in [9.17, 15) is 4.79 Å². The van der Waals surface area contributed by atoms with Gasteiger partial charge in [0.05, 0.1) is 12.3 Å². The van der Waals surface area contributed by atoms with Gasteiger partial charge in [0.1, 0.15) is 5.65 Å². The molecule has 1 fully saturated rings. The molecule has 1 aliphatic rings. The molecule has 1 aliphatic heterocycles. The number of ether oxygens (including phenoxy) is 1. The lowest BCUT2D eigenvalue weighted by atomic mass is 10.1. The molecular weight excluding hydrogens is 266 g/mol. The number of likely N-dealkylation sites (tertiary alicyclic amines) is 1. The minimum Gasteiger partial charge on any atom is -0.461 e. The van der Waals surface area contributed by atoms with E-state index in [4.69, 9.17) is 4.74 Å². The number of aryl methyl sites for hydroxylation is 1. The number of pyridine rings is 1. The van der Waals surface area contributed by atoms with Gasteiger partial charge >= 0.3 is 5.97 Å². The number of carbonyl (C=O) groups excluding carboxylic acids is 1. The van der Waals surface area contributed by atoms with Gasteiger partial charge in [-0.2, -0.15) is 0 Å². The third-order valence-corrected chi connectivity index (χ3v) is 4.20. The second-order valence-electron chi connectivity index (χ2n) is 5.56.